The first-order chi connectivity index (χ1) is 11.9. The van der Waals surface area contributed by atoms with Crippen LogP contribution in [0.2, 0.25) is 0 Å². The maximum Gasteiger partial charge on any atom is 0.231 e. The number of oxime groups is 1. The molecule has 2 N–H and O–H groups in total. The lowest BCUT2D eigenvalue weighted by molar-refractivity contribution is 0.174. The van der Waals surface area contributed by atoms with Gasteiger partial charge >= 0.3 is 0 Å². The first kappa shape index (κ1) is 16.9. The summed E-state index contributed by atoms with van der Waals surface area (Å²) < 4.78 is 10.8. The molecule has 5 heteroatoms. The van der Waals surface area contributed by atoms with Crippen LogP contribution in [0.15, 0.2) is 23.4 Å². The predicted octanol–water partition coefficient (Wildman–Crippen LogP) is 4.94. The summed E-state index contributed by atoms with van der Waals surface area (Å²) in [6.07, 6.45) is 11.9. The van der Waals surface area contributed by atoms with Crippen molar-refractivity contribution in [1.29, 1.82) is 0 Å². The van der Waals surface area contributed by atoms with Crippen molar-refractivity contribution in [1.82, 2.24) is 0 Å². The van der Waals surface area contributed by atoms with E-state index in [9.17, 15) is 5.21 Å². The molecule has 2 aliphatic rings. The fourth-order valence-electron chi connectivity index (χ4n) is 3.52. The zero-order valence-electron chi connectivity index (χ0n) is 14.3. The Labute approximate surface area is 144 Å². The van der Waals surface area contributed by atoms with E-state index in [0.717, 1.165) is 48.6 Å². The predicted molar refractivity (Wildman–Crippen MR) is 95.4 cm³/mol. The molecule has 1 aromatic carbocycles. The zero-order valence-corrected chi connectivity index (χ0v) is 14.3. The van der Waals surface area contributed by atoms with E-state index >= 15 is 0 Å². The summed E-state index contributed by atoms with van der Waals surface area (Å²) in [4.78, 5) is 0. The molecule has 0 aromatic heterocycles. The number of nitrogens with one attached hydrogen (secondary N) is 1. The van der Waals surface area contributed by atoms with Gasteiger partial charge in [-0.15, -0.1) is 0 Å². The number of ether oxygens (including phenoxy) is 2. The van der Waals surface area contributed by atoms with E-state index < -0.39 is 0 Å². The second-order valence-electron chi connectivity index (χ2n) is 6.72. The minimum Gasteiger partial charge on any atom is -0.454 e. The Hall–Kier alpha value is -1.91. The summed E-state index contributed by atoms with van der Waals surface area (Å²) >= 11 is 0. The summed E-state index contributed by atoms with van der Waals surface area (Å²) in [5.74, 6) is 1.56. The highest BCUT2D eigenvalue weighted by atomic mass is 16.7. The average molecular weight is 332 g/mol. The molecule has 3 rings (SSSR count). The van der Waals surface area contributed by atoms with Gasteiger partial charge in [-0.1, -0.05) is 50.1 Å². The first-order valence-electron chi connectivity index (χ1n) is 9.24. The normalized spacial score (nSPS) is 24.2. The Morgan fingerprint density at radius 2 is 1.62 bits per heavy atom. The number of anilines is 1. The Balaban J connectivity index is 1.68. The summed E-state index contributed by atoms with van der Waals surface area (Å²) in [7, 11) is 0. The number of benzene rings is 1. The number of rotatable bonds is 2. The van der Waals surface area contributed by atoms with Crippen molar-refractivity contribution in [2.24, 2.45) is 5.16 Å². The molecule has 0 bridgehead atoms. The molecule has 24 heavy (non-hydrogen) atoms. The van der Waals surface area contributed by atoms with Gasteiger partial charge < -0.3 is 20.0 Å². The minimum absolute atomic E-state index is 0.0785. The van der Waals surface area contributed by atoms with E-state index in [4.69, 9.17) is 9.47 Å². The van der Waals surface area contributed by atoms with Crippen LogP contribution in [0.25, 0.3) is 0 Å². The second kappa shape index (κ2) is 8.81. The Kier molecular flexibility index (Phi) is 6.21. The van der Waals surface area contributed by atoms with Gasteiger partial charge in [-0.2, -0.15) is 0 Å². The van der Waals surface area contributed by atoms with Crippen molar-refractivity contribution in [3.63, 3.8) is 0 Å². The molecule has 1 aliphatic heterocycles. The number of nitrogens with zero attached hydrogens (tertiary/aromatic N) is 1. The molecule has 1 aliphatic carbocycles. The van der Waals surface area contributed by atoms with Crippen LogP contribution in [-0.4, -0.2) is 23.8 Å². The van der Waals surface area contributed by atoms with Crippen LogP contribution in [0.5, 0.6) is 11.5 Å². The van der Waals surface area contributed by atoms with Crippen molar-refractivity contribution in [2.45, 2.75) is 70.3 Å². The van der Waals surface area contributed by atoms with Crippen molar-refractivity contribution >= 4 is 11.4 Å². The molecule has 0 saturated heterocycles. The van der Waals surface area contributed by atoms with Gasteiger partial charge in [0, 0.05) is 11.8 Å². The third kappa shape index (κ3) is 4.56. The van der Waals surface area contributed by atoms with Gasteiger partial charge in [0.2, 0.25) is 6.79 Å². The third-order valence-electron chi connectivity index (χ3n) is 4.92. The van der Waals surface area contributed by atoms with E-state index in [1.807, 2.05) is 18.2 Å². The first-order valence-corrected chi connectivity index (χ1v) is 9.24. The van der Waals surface area contributed by atoms with Crippen LogP contribution in [0, 0.1) is 0 Å². The van der Waals surface area contributed by atoms with Crippen molar-refractivity contribution in [2.75, 3.05) is 12.1 Å². The monoisotopic (exact) mass is 332 g/mol. The van der Waals surface area contributed by atoms with E-state index in [1.54, 1.807) is 0 Å². The van der Waals surface area contributed by atoms with Gasteiger partial charge in [-0.05, 0) is 31.4 Å². The lowest BCUT2D eigenvalue weighted by Crippen LogP contribution is -2.30. The highest BCUT2D eigenvalue weighted by Gasteiger charge is 2.19. The molecule has 1 aromatic rings. The molecule has 0 amide bonds. The van der Waals surface area contributed by atoms with Crippen LogP contribution in [-0.2, 0) is 0 Å². The van der Waals surface area contributed by atoms with Gasteiger partial charge in [-0.3, -0.25) is 0 Å². The largest absolute Gasteiger partial charge is 0.454 e. The van der Waals surface area contributed by atoms with Gasteiger partial charge in [0.1, 0.15) is 0 Å². The number of hydrogen-bond acceptors (Lipinski definition) is 5. The van der Waals surface area contributed by atoms with Crippen molar-refractivity contribution in [3.05, 3.63) is 18.2 Å². The van der Waals surface area contributed by atoms with Crippen LogP contribution in [0.4, 0.5) is 5.69 Å². The fourth-order valence-corrected chi connectivity index (χ4v) is 3.52. The lowest BCUT2D eigenvalue weighted by Gasteiger charge is -2.22. The third-order valence-corrected chi connectivity index (χ3v) is 4.92. The Bertz CT molecular complexity index is 560. The molecule has 1 fully saturated rings. The van der Waals surface area contributed by atoms with E-state index in [-0.39, 0.29) is 12.8 Å². The van der Waals surface area contributed by atoms with Crippen LogP contribution < -0.4 is 14.8 Å². The van der Waals surface area contributed by atoms with Crippen molar-refractivity contribution in [3.8, 4) is 11.5 Å². The maximum atomic E-state index is 9.50. The van der Waals surface area contributed by atoms with E-state index in [2.05, 4.69) is 10.5 Å². The van der Waals surface area contributed by atoms with Crippen LogP contribution >= 0.6 is 0 Å². The zero-order chi connectivity index (χ0) is 16.6. The maximum absolute atomic E-state index is 9.50. The smallest absolute Gasteiger partial charge is 0.231 e. The Morgan fingerprint density at radius 3 is 2.42 bits per heavy atom. The molecule has 132 valence electrons. The highest BCUT2D eigenvalue weighted by Crippen LogP contribution is 2.34. The molecule has 1 saturated carbocycles. The topological polar surface area (TPSA) is 63.1 Å². The second-order valence-corrected chi connectivity index (χ2v) is 6.72. The standard InChI is InChI=1S/C19H28N2O3/c22-21-17-10-8-6-4-2-1-3-5-7-9-16(17)20-15-11-12-18-19(13-15)24-14-23-18/h11-13,16,20,22H,1-10,14H2. The fraction of sp³-hybridized carbons (Fsp3) is 0.632. The minimum atomic E-state index is 0.0785. The number of fused-ring (bicyclic) bond motifs is 1. The molecule has 1 atom stereocenters. The van der Waals surface area contributed by atoms with Crippen LogP contribution in [0.1, 0.15) is 64.2 Å². The molecule has 1 heterocycles. The molecular weight excluding hydrogens is 304 g/mol. The van der Waals surface area contributed by atoms with E-state index in [0.29, 0.717) is 0 Å². The van der Waals surface area contributed by atoms with Gasteiger partial charge in [0.15, 0.2) is 11.5 Å². The Morgan fingerprint density at radius 1 is 0.917 bits per heavy atom. The van der Waals surface area contributed by atoms with Gasteiger partial charge in [0.25, 0.3) is 0 Å². The highest BCUT2D eigenvalue weighted by molar-refractivity contribution is 5.91. The molecule has 0 spiro atoms. The van der Waals surface area contributed by atoms with Gasteiger partial charge in [-0.25, -0.2) is 0 Å². The van der Waals surface area contributed by atoms with E-state index in [1.165, 1.54) is 38.5 Å². The average Bonchev–Trinajstić information content (AvgIpc) is 3.05. The summed E-state index contributed by atoms with van der Waals surface area (Å²) in [5.41, 5.74) is 1.85. The van der Waals surface area contributed by atoms with Crippen LogP contribution in [0.3, 0.4) is 0 Å². The van der Waals surface area contributed by atoms with Gasteiger partial charge in [0.05, 0.1) is 11.8 Å². The SMILES string of the molecule is ON=C1CCCCCCCCCCC1Nc1ccc2c(c1)OCO2. The summed E-state index contributed by atoms with van der Waals surface area (Å²) in [5, 5.41) is 16.7. The quantitative estimate of drug-likeness (QED) is 0.595. The molecule has 0 radical (unpaired) electrons. The van der Waals surface area contributed by atoms with Crippen molar-refractivity contribution < 1.29 is 14.7 Å². The molecule has 1 unspecified atom stereocenters. The summed E-state index contributed by atoms with van der Waals surface area (Å²) in [6.45, 7) is 0.283. The molecule has 5 nitrogen and oxygen atoms in total. The lowest BCUT2D eigenvalue weighted by atomic mass is 9.96. The number of hydrogen-bond donors (Lipinski definition) is 2. The summed E-state index contributed by atoms with van der Waals surface area (Å²) in [6, 6.07) is 5.97. The molecular formula is C19H28N2O3.